The second-order valence-electron chi connectivity index (χ2n) is 5.36. The zero-order chi connectivity index (χ0) is 16.4. The summed E-state index contributed by atoms with van der Waals surface area (Å²) in [6.07, 6.45) is 2.50. The predicted molar refractivity (Wildman–Crippen MR) is 84.4 cm³/mol. The Morgan fingerprint density at radius 2 is 2.30 bits per heavy atom. The van der Waals surface area contributed by atoms with Crippen molar-refractivity contribution < 1.29 is 14.6 Å². The number of aromatic hydroxyl groups is 1. The minimum absolute atomic E-state index is 0.0408. The molecule has 0 aliphatic carbocycles. The number of phenols is 1. The number of aromatic nitrogens is 2. The number of phenolic OH excluding ortho intramolecular Hbond substituents is 1. The van der Waals surface area contributed by atoms with Gasteiger partial charge in [-0.05, 0) is 24.6 Å². The predicted octanol–water partition coefficient (Wildman–Crippen LogP) is 2.15. The normalized spacial score (nSPS) is 13.5. The summed E-state index contributed by atoms with van der Waals surface area (Å²) in [4.78, 5) is 21.0. The van der Waals surface area contributed by atoms with E-state index < -0.39 is 0 Å². The van der Waals surface area contributed by atoms with E-state index in [4.69, 9.17) is 16.3 Å². The Morgan fingerprint density at radius 3 is 3.13 bits per heavy atom. The summed E-state index contributed by atoms with van der Waals surface area (Å²) < 4.78 is 5.34. The fraction of sp³-hybridized carbons (Fsp3) is 0.312. The minimum Gasteiger partial charge on any atom is -0.506 e. The minimum atomic E-state index is -0.283. The summed E-state index contributed by atoms with van der Waals surface area (Å²) in [5.41, 5.74) is 3.03. The standard InChI is InChI=1S/C16H16ClN3O3/c1-9-4-14(21)12(17)5-11(9)16(22)19-7-15-18-6-10-8-23-3-2-13(10)20-15/h4-6,21H,2-3,7-8H2,1H3,(H,19,22). The van der Waals surface area contributed by atoms with Gasteiger partial charge >= 0.3 is 0 Å². The number of hydrogen-bond donors (Lipinski definition) is 2. The van der Waals surface area contributed by atoms with Gasteiger partial charge in [-0.25, -0.2) is 9.97 Å². The molecule has 0 unspecified atom stereocenters. The fourth-order valence-electron chi connectivity index (χ4n) is 2.42. The van der Waals surface area contributed by atoms with Crippen molar-refractivity contribution in [2.24, 2.45) is 0 Å². The van der Waals surface area contributed by atoms with Gasteiger partial charge in [0.15, 0.2) is 0 Å². The van der Waals surface area contributed by atoms with E-state index in [2.05, 4.69) is 15.3 Å². The Hall–Kier alpha value is -2.18. The molecule has 1 amide bonds. The topological polar surface area (TPSA) is 84.3 Å². The third-order valence-corrected chi connectivity index (χ3v) is 3.99. The lowest BCUT2D eigenvalue weighted by molar-refractivity contribution is 0.0948. The molecule has 6 nitrogen and oxygen atoms in total. The van der Waals surface area contributed by atoms with Gasteiger partial charge in [-0.2, -0.15) is 0 Å². The number of rotatable bonds is 3. The van der Waals surface area contributed by atoms with Crippen LogP contribution >= 0.6 is 11.6 Å². The molecule has 0 radical (unpaired) electrons. The van der Waals surface area contributed by atoms with Crippen LogP contribution in [0.4, 0.5) is 0 Å². The van der Waals surface area contributed by atoms with Crippen LogP contribution in [-0.2, 0) is 24.3 Å². The molecule has 2 heterocycles. The maximum Gasteiger partial charge on any atom is 0.251 e. The van der Waals surface area contributed by atoms with E-state index in [0.717, 1.165) is 17.7 Å². The van der Waals surface area contributed by atoms with Crippen molar-refractivity contribution in [2.45, 2.75) is 26.5 Å². The Kier molecular flexibility index (Phi) is 4.45. The van der Waals surface area contributed by atoms with Crippen LogP contribution in [0.15, 0.2) is 18.3 Å². The zero-order valence-corrected chi connectivity index (χ0v) is 13.4. The van der Waals surface area contributed by atoms with Gasteiger partial charge in [-0.15, -0.1) is 0 Å². The molecular weight excluding hydrogens is 318 g/mol. The van der Waals surface area contributed by atoms with Gasteiger partial charge in [-0.1, -0.05) is 11.6 Å². The van der Waals surface area contributed by atoms with Gasteiger partial charge in [0.25, 0.3) is 5.91 Å². The highest BCUT2D eigenvalue weighted by Crippen LogP contribution is 2.26. The number of amides is 1. The number of halogens is 1. The molecule has 1 aromatic carbocycles. The summed E-state index contributed by atoms with van der Waals surface area (Å²) in [5, 5.41) is 12.5. The molecule has 0 saturated heterocycles. The van der Waals surface area contributed by atoms with Gasteiger partial charge < -0.3 is 15.2 Å². The number of aryl methyl sites for hydroxylation is 1. The largest absolute Gasteiger partial charge is 0.506 e. The molecule has 120 valence electrons. The van der Waals surface area contributed by atoms with Crippen molar-refractivity contribution in [2.75, 3.05) is 6.61 Å². The van der Waals surface area contributed by atoms with E-state index in [9.17, 15) is 9.90 Å². The van der Waals surface area contributed by atoms with Crippen LogP contribution in [-0.4, -0.2) is 27.6 Å². The first-order valence-corrected chi connectivity index (χ1v) is 7.61. The van der Waals surface area contributed by atoms with Crippen LogP contribution in [0.1, 0.15) is 33.0 Å². The monoisotopic (exact) mass is 333 g/mol. The average Bonchev–Trinajstić information content (AvgIpc) is 2.55. The first-order valence-electron chi connectivity index (χ1n) is 7.23. The molecule has 2 N–H and O–H groups in total. The molecule has 0 atom stereocenters. The van der Waals surface area contributed by atoms with Gasteiger partial charge in [0.05, 0.1) is 30.5 Å². The summed E-state index contributed by atoms with van der Waals surface area (Å²) in [7, 11) is 0. The molecule has 0 spiro atoms. The zero-order valence-electron chi connectivity index (χ0n) is 12.6. The van der Waals surface area contributed by atoms with E-state index >= 15 is 0 Å². The number of ether oxygens (including phenoxy) is 1. The molecule has 1 aliphatic heterocycles. The number of carbonyl (C=O) groups is 1. The summed E-state index contributed by atoms with van der Waals surface area (Å²) in [6.45, 7) is 3.15. The van der Waals surface area contributed by atoms with E-state index in [1.807, 2.05) is 0 Å². The number of hydrogen-bond acceptors (Lipinski definition) is 5. The van der Waals surface area contributed by atoms with Crippen molar-refractivity contribution in [3.05, 3.63) is 51.6 Å². The van der Waals surface area contributed by atoms with Crippen molar-refractivity contribution in [3.63, 3.8) is 0 Å². The first-order chi connectivity index (χ1) is 11.0. The highest BCUT2D eigenvalue weighted by Gasteiger charge is 2.15. The number of fused-ring (bicyclic) bond motifs is 1. The number of nitrogens with one attached hydrogen (secondary N) is 1. The molecule has 3 rings (SSSR count). The highest BCUT2D eigenvalue weighted by atomic mass is 35.5. The average molecular weight is 334 g/mol. The molecule has 23 heavy (non-hydrogen) atoms. The Morgan fingerprint density at radius 1 is 1.48 bits per heavy atom. The lowest BCUT2D eigenvalue weighted by Crippen LogP contribution is -2.25. The Bertz CT molecular complexity index is 764. The van der Waals surface area contributed by atoms with Crippen molar-refractivity contribution >= 4 is 17.5 Å². The second kappa shape index (κ2) is 6.52. The molecule has 1 aromatic heterocycles. The highest BCUT2D eigenvalue weighted by molar-refractivity contribution is 6.32. The first kappa shape index (κ1) is 15.7. The third kappa shape index (κ3) is 3.43. The molecule has 0 saturated carbocycles. The lowest BCUT2D eigenvalue weighted by Gasteiger charge is -2.15. The van der Waals surface area contributed by atoms with Crippen LogP contribution in [0.5, 0.6) is 5.75 Å². The second-order valence-corrected chi connectivity index (χ2v) is 5.77. The molecule has 2 aromatic rings. The maximum atomic E-state index is 12.3. The van der Waals surface area contributed by atoms with Gasteiger partial charge in [0, 0.05) is 23.7 Å². The van der Waals surface area contributed by atoms with Crippen molar-refractivity contribution in [1.29, 1.82) is 0 Å². The summed E-state index contributed by atoms with van der Waals surface area (Å²) >= 11 is 5.86. The summed E-state index contributed by atoms with van der Waals surface area (Å²) in [5.74, 6) is 0.233. The van der Waals surface area contributed by atoms with Gasteiger partial charge in [0.1, 0.15) is 11.6 Å². The SMILES string of the molecule is Cc1cc(O)c(Cl)cc1C(=O)NCc1ncc2c(n1)CCOC2. The van der Waals surface area contributed by atoms with Crippen LogP contribution in [0, 0.1) is 6.92 Å². The van der Waals surface area contributed by atoms with Gasteiger partial charge in [0.2, 0.25) is 0 Å². The summed E-state index contributed by atoms with van der Waals surface area (Å²) in [6, 6.07) is 2.92. The molecule has 0 bridgehead atoms. The van der Waals surface area contributed by atoms with E-state index in [0.29, 0.717) is 30.2 Å². The van der Waals surface area contributed by atoms with Crippen LogP contribution < -0.4 is 5.32 Å². The smallest absolute Gasteiger partial charge is 0.251 e. The lowest BCUT2D eigenvalue weighted by atomic mass is 10.1. The van der Waals surface area contributed by atoms with Crippen LogP contribution in [0.25, 0.3) is 0 Å². The fourth-order valence-corrected chi connectivity index (χ4v) is 2.59. The number of benzene rings is 1. The van der Waals surface area contributed by atoms with E-state index in [1.54, 1.807) is 13.1 Å². The maximum absolute atomic E-state index is 12.3. The molecular formula is C16H16ClN3O3. The van der Waals surface area contributed by atoms with E-state index in [-0.39, 0.29) is 23.2 Å². The van der Waals surface area contributed by atoms with Crippen LogP contribution in [0.2, 0.25) is 5.02 Å². The Labute approximate surface area is 138 Å². The Balaban J connectivity index is 1.71. The third-order valence-electron chi connectivity index (χ3n) is 3.69. The van der Waals surface area contributed by atoms with Crippen LogP contribution in [0.3, 0.4) is 0 Å². The number of nitrogens with zero attached hydrogens (tertiary/aromatic N) is 2. The molecule has 0 fully saturated rings. The molecule has 7 heteroatoms. The van der Waals surface area contributed by atoms with E-state index in [1.165, 1.54) is 12.1 Å². The quantitative estimate of drug-likeness (QED) is 0.899. The van der Waals surface area contributed by atoms with Gasteiger partial charge in [-0.3, -0.25) is 4.79 Å². The number of carbonyl (C=O) groups excluding carboxylic acids is 1. The van der Waals surface area contributed by atoms with Crippen molar-refractivity contribution in [1.82, 2.24) is 15.3 Å². The molecule has 1 aliphatic rings. The van der Waals surface area contributed by atoms with Crippen molar-refractivity contribution in [3.8, 4) is 5.75 Å².